The van der Waals surface area contributed by atoms with Crippen LogP contribution in [0.5, 0.6) is 0 Å². The minimum atomic E-state index is 0.0746. The Kier molecular flexibility index (Phi) is 3.69. The Hall–Kier alpha value is -0.830. The summed E-state index contributed by atoms with van der Waals surface area (Å²) in [5, 5.41) is 0. The number of benzene rings is 1. The van der Waals surface area contributed by atoms with Crippen LogP contribution in [0.15, 0.2) is 22.7 Å². The molecule has 76 valence electrons. The number of rotatable bonds is 3. The van der Waals surface area contributed by atoms with Crippen molar-refractivity contribution < 1.29 is 4.79 Å². The van der Waals surface area contributed by atoms with E-state index in [-0.39, 0.29) is 11.7 Å². The Bertz CT molecular complexity index is 349. The van der Waals surface area contributed by atoms with Crippen molar-refractivity contribution in [1.29, 1.82) is 0 Å². The Morgan fingerprint density at radius 3 is 2.71 bits per heavy atom. The maximum Gasteiger partial charge on any atom is 0.165 e. The van der Waals surface area contributed by atoms with Gasteiger partial charge in [-0.05, 0) is 40.5 Å². The highest BCUT2D eigenvalue weighted by Crippen LogP contribution is 2.22. The van der Waals surface area contributed by atoms with Crippen LogP contribution in [0.2, 0.25) is 0 Å². The van der Waals surface area contributed by atoms with Gasteiger partial charge in [-0.15, -0.1) is 0 Å². The van der Waals surface area contributed by atoms with Crippen LogP contribution in [0.3, 0.4) is 0 Å². The first-order valence-corrected chi connectivity index (χ1v) is 5.44. The largest absolute Gasteiger partial charge is 0.398 e. The first-order valence-electron chi connectivity index (χ1n) is 4.65. The van der Waals surface area contributed by atoms with Crippen molar-refractivity contribution in [1.82, 2.24) is 0 Å². The maximum atomic E-state index is 11.8. The minimum absolute atomic E-state index is 0.0746. The molecule has 0 aromatic heterocycles. The molecule has 1 atom stereocenters. The van der Waals surface area contributed by atoms with Gasteiger partial charge in [0, 0.05) is 21.6 Å². The first-order chi connectivity index (χ1) is 6.56. The van der Waals surface area contributed by atoms with E-state index in [1.165, 1.54) is 0 Å². The van der Waals surface area contributed by atoms with Crippen molar-refractivity contribution in [2.24, 2.45) is 5.92 Å². The summed E-state index contributed by atoms with van der Waals surface area (Å²) in [5.41, 5.74) is 7.02. The third-order valence-corrected chi connectivity index (χ3v) is 3.03. The number of hydrogen-bond acceptors (Lipinski definition) is 2. The molecule has 0 spiro atoms. The molecule has 0 aliphatic rings. The van der Waals surface area contributed by atoms with E-state index in [1.54, 1.807) is 18.2 Å². The molecule has 0 radical (unpaired) electrons. The van der Waals surface area contributed by atoms with Gasteiger partial charge in [-0.3, -0.25) is 4.79 Å². The quantitative estimate of drug-likeness (QED) is 0.666. The van der Waals surface area contributed by atoms with Gasteiger partial charge in [0.05, 0.1) is 0 Å². The van der Waals surface area contributed by atoms with Crippen LogP contribution in [-0.4, -0.2) is 5.78 Å². The fraction of sp³-hybridized carbons (Fsp3) is 0.364. The molecule has 2 N–H and O–H groups in total. The summed E-state index contributed by atoms with van der Waals surface area (Å²) >= 11 is 3.31. The van der Waals surface area contributed by atoms with Crippen molar-refractivity contribution in [2.45, 2.75) is 20.3 Å². The summed E-state index contributed by atoms with van der Waals surface area (Å²) in [6.07, 6.45) is 0.862. The predicted octanol–water partition coefficient (Wildman–Crippen LogP) is 3.26. The van der Waals surface area contributed by atoms with Gasteiger partial charge in [0.25, 0.3) is 0 Å². The molecule has 1 unspecified atom stereocenters. The number of anilines is 1. The number of nitrogen functional groups attached to an aromatic ring is 1. The molecule has 0 heterocycles. The van der Waals surface area contributed by atoms with Gasteiger partial charge >= 0.3 is 0 Å². The lowest BCUT2D eigenvalue weighted by Gasteiger charge is -2.08. The molecule has 3 heteroatoms. The number of carbonyl (C=O) groups excluding carboxylic acids is 1. The summed E-state index contributed by atoms with van der Waals surface area (Å²) in [7, 11) is 0. The first kappa shape index (κ1) is 11.2. The molecular weight excluding hydrogens is 242 g/mol. The Morgan fingerprint density at radius 2 is 2.21 bits per heavy atom. The van der Waals surface area contributed by atoms with Crippen LogP contribution in [0, 0.1) is 5.92 Å². The van der Waals surface area contributed by atoms with Gasteiger partial charge in [0.1, 0.15) is 0 Å². The van der Waals surface area contributed by atoms with Crippen LogP contribution in [0.25, 0.3) is 0 Å². The Balaban J connectivity index is 2.97. The average Bonchev–Trinajstić information content (AvgIpc) is 2.20. The predicted molar refractivity (Wildman–Crippen MR) is 62.3 cm³/mol. The zero-order valence-electron chi connectivity index (χ0n) is 8.38. The van der Waals surface area contributed by atoms with E-state index >= 15 is 0 Å². The molecule has 1 rings (SSSR count). The smallest absolute Gasteiger partial charge is 0.165 e. The van der Waals surface area contributed by atoms with Crippen molar-refractivity contribution in [2.75, 3.05) is 5.73 Å². The van der Waals surface area contributed by atoms with Crippen LogP contribution >= 0.6 is 15.9 Å². The zero-order valence-corrected chi connectivity index (χ0v) is 9.97. The van der Waals surface area contributed by atoms with E-state index < -0.39 is 0 Å². The molecular formula is C11H14BrNO. The summed E-state index contributed by atoms with van der Waals surface area (Å²) in [6.45, 7) is 3.95. The van der Waals surface area contributed by atoms with E-state index in [0.29, 0.717) is 5.69 Å². The number of halogens is 1. The molecule has 14 heavy (non-hydrogen) atoms. The zero-order chi connectivity index (χ0) is 10.7. The minimum Gasteiger partial charge on any atom is -0.398 e. The normalized spacial score (nSPS) is 12.5. The second-order valence-corrected chi connectivity index (χ2v) is 4.26. The SMILES string of the molecule is CCC(C)C(=O)c1ccc(N)c(Br)c1. The summed E-state index contributed by atoms with van der Waals surface area (Å²) in [5.74, 6) is 0.249. The number of ketones is 1. The average molecular weight is 256 g/mol. The lowest BCUT2D eigenvalue weighted by molar-refractivity contribution is 0.0927. The topological polar surface area (TPSA) is 43.1 Å². The lowest BCUT2D eigenvalue weighted by Crippen LogP contribution is -2.10. The van der Waals surface area contributed by atoms with Gasteiger partial charge in [-0.2, -0.15) is 0 Å². The lowest BCUT2D eigenvalue weighted by atomic mass is 9.97. The second-order valence-electron chi connectivity index (χ2n) is 3.41. The van der Waals surface area contributed by atoms with Crippen molar-refractivity contribution in [3.05, 3.63) is 28.2 Å². The molecule has 0 aliphatic carbocycles. The fourth-order valence-corrected chi connectivity index (χ4v) is 1.53. The number of nitrogens with two attached hydrogens (primary N) is 1. The highest BCUT2D eigenvalue weighted by molar-refractivity contribution is 9.10. The summed E-state index contributed by atoms with van der Waals surface area (Å²) in [4.78, 5) is 11.8. The molecule has 0 amide bonds. The van der Waals surface area contributed by atoms with Crippen molar-refractivity contribution in [3.8, 4) is 0 Å². The monoisotopic (exact) mass is 255 g/mol. The molecule has 0 aliphatic heterocycles. The van der Waals surface area contributed by atoms with Crippen LogP contribution < -0.4 is 5.73 Å². The van der Waals surface area contributed by atoms with Gasteiger partial charge in [0.15, 0.2) is 5.78 Å². The highest BCUT2D eigenvalue weighted by Gasteiger charge is 2.13. The molecule has 1 aromatic rings. The second kappa shape index (κ2) is 4.60. The number of carbonyl (C=O) groups is 1. The molecule has 0 bridgehead atoms. The highest BCUT2D eigenvalue weighted by atomic mass is 79.9. The number of hydrogen-bond donors (Lipinski definition) is 1. The van der Waals surface area contributed by atoms with Gasteiger partial charge in [-0.25, -0.2) is 0 Å². The maximum absolute atomic E-state index is 11.8. The van der Waals surface area contributed by atoms with Gasteiger partial charge in [0.2, 0.25) is 0 Å². The van der Waals surface area contributed by atoms with Crippen LogP contribution in [0.4, 0.5) is 5.69 Å². The Labute approximate surface area is 92.6 Å². The molecule has 0 fully saturated rings. The van der Waals surface area contributed by atoms with E-state index in [4.69, 9.17) is 5.73 Å². The van der Waals surface area contributed by atoms with E-state index in [2.05, 4.69) is 15.9 Å². The van der Waals surface area contributed by atoms with Crippen molar-refractivity contribution in [3.63, 3.8) is 0 Å². The Morgan fingerprint density at radius 1 is 1.57 bits per heavy atom. The summed E-state index contributed by atoms with van der Waals surface area (Å²) < 4.78 is 0.784. The third-order valence-electron chi connectivity index (χ3n) is 2.34. The molecule has 2 nitrogen and oxygen atoms in total. The molecule has 0 saturated heterocycles. The van der Waals surface area contributed by atoms with E-state index in [1.807, 2.05) is 13.8 Å². The fourth-order valence-electron chi connectivity index (χ4n) is 1.15. The van der Waals surface area contributed by atoms with E-state index in [9.17, 15) is 4.79 Å². The summed E-state index contributed by atoms with van der Waals surface area (Å²) in [6, 6.07) is 5.30. The van der Waals surface area contributed by atoms with Crippen LogP contribution in [0.1, 0.15) is 30.6 Å². The van der Waals surface area contributed by atoms with Crippen molar-refractivity contribution >= 4 is 27.4 Å². The molecule has 1 aromatic carbocycles. The molecule has 0 saturated carbocycles. The third kappa shape index (κ3) is 2.35. The van der Waals surface area contributed by atoms with Gasteiger partial charge < -0.3 is 5.73 Å². The van der Waals surface area contributed by atoms with E-state index in [0.717, 1.165) is 16.5 Å². The van der Waals surface area contributed by atoms with Gasteiger partial charge in [-0.1, -0.05) is 13.8 Å². The number of Topliss-reactive ketones (excluding diaryl/α,β-unsaturated/α-hetero) is 1. The van der Waals surface area contributed by atoms with Crippen LogP contribution in [-0.2, 0) is 0 Å². The standard InChI is InChI=1S/C11H14BrNO/c1-3-7(2)11(14)8-4-5-10(13)9(12)6-8/h4-7H,3,13H2,1-2H3.